The van der Waals surface area contributed by atoms with Gasteiger partial charge in [-0.25, -0.2) is 0 Å². The second-order valence-corrected chi connectivity index (χ2v) is 4.75. The van der Waals surface area contributed by atoms with E-state index in [1.165, 1.54) is 25.7 Å². The van der Waals surface area contributed by atoms with Gasteiger partial charge in [-0.15, -0.1) is 0 Å². The summed E-state index contributed by atoms with van der Waals surface area (Å²) in [5, 5.41) is 10.1. The summed E-state index contributed by atoms with van der Waals surface area (Å²) >= 11 is 0. The highest BCUT2D eigenvalue weighted by molar-refractivity contribution is 5.08. The number of nitrogens with zero attached hydrogens (tertiary/aromatic N) is 1. The fraction of sp³-hybridized carbons (Fsp3) is 0.615. The first-order valence-corrected chi connectivity index (χ1v) is 6.12. The van der Waals surface area contributed by atoms with Gasteiger partial charge in [0, 0.05) is 12.2 Å². The molecular formula is C13H20N2O. The van der Waals surface area contributed by atoms with Crippen LogP contribution in [0, 0.1) is 5.92 Å². The molecule has 1 aliphatic carbocycles. The molecule has 1 fully saturated rings. The standard InChI is InChI=1S/C13H20N2O/c14-11(9-10-5-1-2-6-10)13(16)12-7-3-4-8-15-12/h3-4,7-8,10-11,13,16H,1-2,5-6,9,14H2. The maximum atomic E-state index is 10.1. The van der Waals surface area contributed by atoms with Crippen molar-refractivity contribution >= 4 is 0 Å². The summed E-state index contributed by atoms with van der Waals surface area (Å²) in [6.07, 6.45) is 7.15. The quantitative estimate of drug-likeness (QED) is 0.816. The summed E-state index contributed by atoms with van der Waals surface area (Å²) in [6, 6.07) is 5.38. The van der Waals surface area contributed by atoms with Crippen molar-refractivity contribution in [1.29, 1.82) is 0 Å². The van der Waals surface area contributed by atoms with Gasteiger partial charge in [0.2, 0.25) is 0 Å². The van der Waals surface area contributed by atoms with E-state index in [1.54, 1.807) is 6.20 Å². The fourth-order valence-corrected chi connectivity index (χ4v) is 2.53. The second-order valence-electron chi connectivity index (χ2n) is 4.75. The lowest BCUT2D eigenvalue weighted by molar-refractivity contribution is 0.129. The molecule has 0 spiro atoms. The SMILES string of the molecule is NC(CC1CCCC1)C(O)c1ccccn1. The van der Waals surface area contributed by atoms with Crippen LogP contribution in [0.5, 0.6) is 0 Å². The molecule has 0 bridgehead atoms. The molecule has 2 atom stereocenters. The number of nitrogens with two attached hydrogens (primary N) is 1. The van der Waals surface area contributed by atoms with Gasteiger partial charge in [0.15, 0.2) is 0 Å². The van der Waals surface area contributed by atoms with Crippen molar-refractivity contribution in [2.45, 2.75) is 44.2 Å². The van der Waals surface area contributed by atoms with Crippen molar-refractivity contribution in [1.82, 2.24) is 4.98 Å². The Balaban J connectivity index is 1.91. The molecular weight excluding hydrogens is 200 g/mol. The highest BCUT2D eigenvalue weighted by atomic mass is 16.3. The van der Waals surface area contributed by atoms with Crippen molar-refractivity contribution in [3.63, 3.8) is 0 Å². The predicted octanol–water partition coefficient (Wildman–Crippen LogP) is 2.02. The van der Waals surface area contributed by atoms with Crippen LogP contribution in [-0.4, -0.2) is 16.1 Å². The van der Waals surface area contributed by atoms with Crippen LogP contribution in [-0.2, 0) is 0 Å². The molecule has 16 heavy (non-hydrogen) atoms. The molecule has 1 aromatic heterocycles. The monoisotopic (exact) mass is 220 g/mol. The van der Waals surface area contributed by atoms with Gasteiger partial charge in [-0.1, -0.05) is 31.7 Å². The Labute approximate surface area is 96.7 Å². The minimum atomic E-state index is -0.623. The van der Waals surface area contributed by atoms with E-state index >= 15 is 0 Å². The molecule has 3 nitrogen and oxygen atoms in total. The summed E-state index contributed by atoms with van der Waals surface area (Å²) in [5.41, 5.74) is 6.73. The zero-order chi connectivity index (χ0) is 11.4. The van der Waals surface area contributed by atoms with Crippen LogP contribution < -0.4 is 5.73 Å². The molecule has 1 heterocycles. The summed E-state index contributed by atoms with van der Waals surface area (Å²) in [7, 11) is 0. The highest BCUT2D eigenvalue weighted by Crippen LogP contribution is 2.30. The Kier molecular flexibility index (Phi) is 3.91. The average Bonchev–Trinajstić information content (AvgIpc) is 2.82. The Morgan fingerprint density at radius 2 is 2.12 bits per heavy atom. The minimum absolute atomic E-state index is 0.182. The van der Waals surface area contributed by atoms with E-state index in [1.807, 2.05) is 18.2 Å². The van der Waals surface area contributed by atoms with Crippen LogP contribution in [0.15, 0.2) is 24.4 Å². The van der Waals surface area contributed by atoms with E-state index in [4.69, 9.17) is 5.73 Å². The normalized spacial score (nSPS) is 20.9. The van der Waals surface area contributed by atoms with E-state index in [9.17, 15) is 5.11 Å². The number of pyridine rings is 1. The van der Waals surface area contributed by atoms with Gasteiger partial charge >= 0.3 is 0 Å². The molecule has 2 unspecified atom stereocenters. The molecule has 0 amide bonds. The topological polar surface area (TPSA) is 59.1 Å². The van der Waals surface area contributed by atoms with Gasteiger partial charge in [0.05, 0.1) is 5.69 Å². The molecule has 1 aliphatic rings. The molecule has 0 radical (unpaired) electrons. The largest absolute Gasteiger partial charge is 0.385 e. The molecule has 3 N–H and O–H groups in total. The van der Waals surface area contributed by atoms with Crippen LogP contribution >= 0.6 is 0 Å². The van der Waals surface area contributed by atoms with Gasteiger partial charge in [-0.2, -0.15) is 0 Å². The van der Waals surface area contributed by atoms with Crippen LogP contribution in [0.2, 0.25) is 0 Å². The Morgan fingerprint density at radius 1 is 1.38 bits per heavy atom. The van der Waals surface area contributed by atoms with Crippen LogP contribution in [0.25, 0.3) is 0 Å². The summed E-state index contributed by atoms with van der Waals surface area (Å²) in [6.45, 7) is 0. The summed E-state index contributed by atoms with van der Waals surface area (Å²) in [4.78, 5) is 4.14. The van der Waals surface area contributed by atoms with E-state index in [2.05, 4.69) is 4.98 Å². The zero-order valence-electron chi connectivity index (χ0n) is 9.55. The molecule has 1 aromatic rings. The van der Waals surface area contributed by atoms with Gasteiger partial charge in [-0.05, 0) is 24.5 Å². The third kappa shape index (κ3) is 2.80. The van der Waals surface area contributed by atoms with Crippen molar-refractivity contribution in [2.24, 2.45) is 11.7 Å². The lowest BCUT2D eigenvalue weighted by atomic mass is 9.94. The number of aromatic nitrogens is 1. The first-order valence-electron chi connectivity index (χ1n) is 6.12. The second kappa shape index (κ2) is 5.41. The molecule has 0 aromatic carbocycles. The fourth-order valence-electron chi connectivity index (χ4n) is 2.53. The Hall–Kier alpha value is -0.930. The number of hydrogen-bond acceptors (Lipinski definition) is 3. The number of rotatable bonds is 4. The lowest BCUT2D eigenvalue weighted by Crippen LogP contribution is -2.30. The van der Waals surface area contributed by atoms with Crippen LogP contribution in [0.3, 0.4) is 0 Å². The van der Waals surface area contributed by atoms with Crippen LogP contribution in [0.4, 0.5) is 0 Å². The van der Waals surface area contributed by atoms with E-state index in [0.29, 0.717) is 11.6 Å². The van der Waals surface area contributed by atoms with Crippen LogP contribution in [0.1, 0.15) is 43.9 Å². The minimum Gasteiger partial charge on any atom is -0.385 e. The number of aliphatic hydroxyl groups is 1. The summed E-state index contributed by atoms with van der Waals surface area (Å²) in [5.74, 6) is 0.702. The van der Waals surface area contributed by atoms with Gasteiger partial charge in [-0.3, -0.25) is 4.98 Å². The highest BCUT2D eigenvalue weighted by Gasteiger charge is 2.23. The molecule has 3 heteroatoms. The van der Waals surface area contributed by atoms with Gasteiger partial charge < -0.3 is 10.8 Å². The molecule has 0 aliphatic heterocycles. The van der Waals surface area contributed by atoms with Crippen molar-refractivity contribution < 1.29 is 5.11 Å². The third-order valence-electron chi connectivity index (χ3n) is 3.48. The van der Waals surface area contributed by atoms with Gasteiger partial charge in [0.1, 0.15) is 6.10 Å². The smallest absolute Gasteiger partial charge is 0.111 e. The number of aliphatic hydroxyl groups excluding tert-OH is 1. The van der Waals surface area contributed by atoms with E-state index in [0.717, 1.165) is 6.42 Å². The summed E-state index contributed by atoms with van der Waals surface area (Å²) < 4.78 is 0. The zero-order valence-corrected chi connectivity index (χ0v) is 9.55. The number of hydrogen-bond donors (Lipinski definition) is 2. The first kappa shape index (κ1) is 11.6. The first-order chi connectivity index (χ1) is 7.77. The van der Waals surface area contributed by atoms with Crippen molar-refractivity contribution in [3.8, 4) is 0 Å². The predicted molar refractivity (Wildman–Crippen MR) is 63.7 cm³/mol. The average molecular weight is 220 g/mol. The van der Waals surface area contributed by atoms with Gasteiger partial charge in [0.25, 0.3) is 0 Å². The molecule has 2 rings (SSSR count). The third-order valence-corrected chi connectivity index (χ3v) is 3.48. The molecule has 88 valence electrons. The molecule has 1 saturated carbocycles. The Morgan fingerprint density at radius 3 is 2.75 bits per heavy atom. The lowest BCUT2D eigenvalue weighted by Gasteiger charge is -2.21. The van der Waals surface area contributed by atoms with E-state index < -0.39 is 6.10 Å². The van der Waals surface area contributed by atoms with Crippen molar-refractivity contribution in [3.05, 3.63) is 30.1 Å². The Bertz CT molecular complexity index is 309. The maximum absolute atomic E-state index is 10.1. The molecule has 0 saturated heterocycles. The van der Waals surface area contributed by atoms with E-state index in [-0.39, 0.29) is 6.04 Å². The maximum Gasteiger partial charge on any atom is 0.111 e. The van der Waals surface area contributed by atoms with Crippen molar-refractivity contribution in [2.75, 3.05) is 0 Å².